The van der Waals surface area contributed by atoms with Gasteiger partial charge in [0.1, 0.15) is 11.9 Å². The maximum Gasteiger partial charge on any atom is 0.246 e. The van der Waals surface area contributed by atoms with Gasteiger partial charge in [-0.2, -0.15) is 0 Å². The van der Waals surface area contributed by atoms with Gasteiger partial charge >= 0.3 is 0 Å². The highest BCUT2D eigenvalue weighted by Crippen LogP contribution is 2.37. The van der Waals surface area contributed by atoms with Crippen LogP contribution in [0.1, 0.15) is 38.2 Å². The van der Waals surface area contributed by atoms with E-state index in [2.05, 4.69) is 17.3 Å². The lowest BCUT2D eigenvalue weighted by Gasteiger charge is -2.36. The van der Waals surface area contributed by atoms with E-state index in [0.717, 1.165) is 13.0 Å². The molecule has 2 aliphatic rings. The number of halogens is 1. The van der Waals surface area contributed by atoms with Crippen LogP contribution in [0.5, 0.6) is 0 Å². The molecule has 1 aromatic rings. The normalized spacial score (nSPS) is 24.5. The first kappa shape index (κ1) is 18.6. The number of fused-ring (bicyclic) bond motifs is 1. The Hall–Kier alpha value is -2.15. The smallest absolute Gasteiger partial charge is 0.246 e. The van der Waals surface area contributed by atoms with Gasteiger partial charge in [-0.3, -0.25) is 14.5 Å². The molecule has 1 saturated heterocycles. The number of nitrogens with one attached hydrogen (secondary N) is 1. The van der Waals surface area contributed by atoms with Crippen LogP contribution < -0.4 is 11.1 Å². The zero-order valence-corrected chi connectivity index (χ0v) is 15.5. The number of likely N-dealkylation sites (N-methyl/N-ethyl adjacent to an activating group) is 1. The summed E-state index contributed by atoms with van der Waals surface area (Å²) < 4.78 is 13.9. The fraction of sp³-hybridized carbons (Fsp3) is 0.579. The Morgan fingerprint density at radius 3 is 2.73 bits per heavy atom. The number of carbonyl (C=O) groups excluding carboxylic acids is 2. The van der Waals surface area contributed by atoms with Crippen molar-refractivity contribution in [1.29, 1.82) is 0 Å². The molecule has 2 unspecified atom stereocenters. The fourth-order valence-electron chi connectivity index (χ4n) is 3.72. The molecule has 142 valence electrons. The van der Waals surface area contributed by atoms with Crippen molar-refractivity contribution in [2.24, 2.45) is 0 Å². The molecule has 4 atom stereocenters. The van der Waals surface area contributed by atoms with Gasteiger partial charge in [-0.25, -0.2) is 4.39 Å². The fourth-order valence-corrected chi connectivity index (χ4v) is 3.72. The van der Waals surface area contributed by atoms with Gasteiger partial charge in [0.15, 0.2) is 0 Å². The molecule has 2 fully saturated rings. The summed E-state index contributed by atoms with van der Waals surface area (Å²) >= 11 is 0. The van der Waals surface area contributed by atoms with Gasteiger partial charge in [-0.15, -0.1) is 0 Å². The highest BCUT2D eigenvalue weighted by atomic mass is 19.1. The maximum atomic E-state index is 13.9. The molecule has 1 aliphatic heterocycles. The summed E-state index contributed by atoms with van der Waals surface area (Å²) in [4.78, 5) is 29.4. The summed E-state index contributed by atoms with van der Waals surface area (Å²) in [5.74, 6) is -1.14. The van der Waals surface area contributed by atoms with E-state index < -0.39 is 11.9 Å². The zero-order valence-electron chi connectivity index (χ0n) is 15.5. The summed E-state index contributed by atoms with van der Waals surface area (Å²) in [5.41, 5.74) is 6.27. The summed E-state index contributed by atoms with van der Waals surface area (Å²) in [5, 5.41) is 2.85. The average Bonchev–Trinajstić information content (AvgIpc) is 3.42. The molecule has 7 heteroatoms. The Labute approximate surface area is 153 Å². The van der Waals surface area contributed by atoms with Crippen LogP contribution in [0.15, 0.2) is 18.2 Å². The van der Waals surface area contributed by atoms with Crippen LogP contribution >= 0.6 is 0 Å². The van der Waals surface area contributed by atoms with Gasteiger partial charge in [0.05, 0.1) is 5.69 Å². The van der Waals surface area contributed by atoms with Crippen LogP contribution in [-0.4, -0.2) is 59.9 Å². The third-order valence-electron chi connectivity index (χ3n) is 5.62. The van der Waals surface area contributed by atoms with E-state index in [1.165, 1.54) is 12.1 Å². The molecule has 3 N–H and O–H groups in total. The van der Waals surface area contributed by atoms with Gasteiger partial charge in [0, 0.05) is 37.5 Å². The van der Waals surface area contributed by atoms with E-state index in [1.807, 2.05) is 11.8 Å². The van der Waals surface area contributed by atoms with E-state index in [4.69, 9.17) is 5.73 Å². The van der Waals surface area contributed by atoms with E-state index in [1.54, 1.807) is 13.0 Å². The number of hydrogen-bond acceptors (Lipinski definition) is 4. The van der Waals surface area contributed by atoms with Crippen molar-refractivity contribution in [1.82, 2.24) is 15.1 Å². The van der Waals surface area contributed by atoms with Crippen LogP contribution in [0.2, 0.25) is 0 Å². The first-order chi connectivity index (χ1) is 12.3. The number of nitrogens with zero attached hydrogens (tertiary/aromatic N) is 2. The minimum atomic E-state index is -0.713. The third kappa shape index (κ3) is 3.53. The molecule has 0 spiro atoms. The molecule has 26 heavy (non-hydrogen) atoms. The predicted molar refractivity (Wildman–Crippen MR) is 98.0 cm³/mol. The zero-order chi connectivity index (χ0) is 19.0. The molecule has 1 aromatic carbocycles. The van der Waals surface area contributed by atoms with Crippen molar-refractivity contribution in [3.8, 4) is 0 Å². The molecule has 0 radical (unpaired) electrons. The first-order valence-electron chi connectivity index (χ1n) is 9.18. The Bertz CT molecular complexity index is 711. The number of anilines is 1. The number of hydrogen-bond donors (Lipinski definition) is 2. The van der Waals surface area contributed by atoms with E-state index in [0.29, 0.717) is 24.6 Å². The average molecular weight is 362 g/mol. The summed E-state index contributed by atoms with van der Waals surface area (Å²) in [6.45, 7) is 5.06. The largest absolute Gasteiger partial charge is 0.396 e. The first-order valence-corrected chi connectivity index (χ1v) is 9.18. The summed E-state index contributed by atoms with van der Waals surface area (Å²) in [6.07, 6.45) is 1.27. The van der Waals surface area contributed by atoms with Gasteiger partial charge in [0.2, 0.25) is 11.8 Å². The minimum Gasteiger partial charge on any atom is -0.396 e. The maximum absolute atomic E-state index is 13.9. The van der Waals surface area contributed by atoms with Crippen LogP contribution in [0.4, 0.5) is 10.1 Å². The van der Waals surface area contributed by atoms with Crippen LogP contribution in [0, 0.1) is 5.82 Å². The minimum absolute atomic E-state index is 0.0707. The van der Waals surface area contributed by atoms with Gasteiger partial charge < -0.3 is 16.0 Å². The molecular weight excluding hydrogens is 335 g/mol. The van der Waals surface area contributed by atoms with E-state index in [-0.39, 0.29) is 29.5 Å². The van der Waals surface area contributed by atoms with Crippen molar-refractivity contribution in [2.75, 3.05) is 25.9 Å². The summed E-state index contributed by atoms with van der Waals surface area (Å²) in [7, 11) is 2.07. The van der Waals surface area contributed by atoms with Crippen molar-refractivity contribution >= 4 is 17.5 Å². The Morgan fingerprint density at radius 1 is 1.35 bits per heavy atom. The van der Waals surface area contributed by atoms with E-state index >= 15 is 0 Å². The number of nitrogen functional groups attached to an aromatic ring is 1. The second-order valence-electron chi connectivity index (χ2n) is 7.35. The SMILES string of the molecule is CCC(=O)N[C@@H](C(=O)N1CCN(C)C2CC21)[C@@H](C)c1ccc(N)c(F)c1. The molecule has 0 bridgehead atoms. The van der Waals surface area contributed by atoms with Crippen molar-refractivity contribution < 1.29 is 14.0 Å². The molecule has 6 nitrogen and oxygen atoms in total. The standard InChI is InChI=1S/C19H27FN4O2/c1-4-17(25)22-18(11(2)12-5-6-14(21)13(20)9-12)19(26)24-8-7-23(3)15-10-16(15)24/h5-6,9,11,15-16,18H,4,7-8,10,21H2,1-3H3,(H,22,25)/t11-,15?,16?,18+/m0/s1. The second-order valence-corrected chi connectivity index (χ2v) is 7.35. The Morgan fingerprint density at radius 2 is 2.08 bits per heavy atom. The number of rotatable bonds is 5. The van der Waals surface area contributed by atoms with Gasteiger partial charge in [0.25, 0.3) is 0 Å². The quantitative estimate of drug-likeness (QED) is 0.775. The van der Waals surface area contributed by atoms with Crippen LogP contribution in [0.3, 0.4) is 0 Å². The molecular formula is C19H27FN4O2. The van der Waals surface area contributed by atoms with Crippen molar-refractivity contribution in [2.45, 2.75) is 50.7 Å². The van der Waals surface area contributed by atoms with Crippen LogP contribution in [-0.2, 0) is 9.59 Å². The lowest BCUT2D eigenvalue weighted by Crippen LogP contribution is -2.55. The van der Waals surface area contributed by atoms with Gasteiger partial charge in [-0.05, 0) is 31.2 Å². The molecule has 3 rings (SSSR count). The topological polar surface area (TPSA) is 78.7 Å². The second kappa shape index (κ2) is 7.23. The number of carbonyl (C=O) groups is 2. The number of amides is 2. The monoisotopic (exact) mass is 362 g/mol. The Kier molecular flexibility index (Phi) is 5.18. The number of nitrogens with two attached hydrogens (primary N) is 1. The molecule has 2 amide bonds. The number of piperazine rings is 1. The van der Waals surface area contributed by atoms with Crippen LogP contribution in [0.25, 0.3) is 0 Å². The molecule has 1 saturated carbocycles. The highest BCUT2D eigenvalue weighted by molar-refractivity contribution is 5.89. The lowest BCUT2D eigenvalue weighted by molar-refractivity contribution is -0.138. The van der Waals surface area contributed by atoms with Gasteiger partial charge in [-0.1, -0.05) is 19.9 Å². The molecule has 1 aliphatic carbocycles. The summed E-state index contributed by atoms with van der Waals surface area (Å²) in [6, 6.07) is 4.48. The highest BCUT2D eigenvalue weighted by Gasteiger charge is 2.50. The number of benzene rings is 1. The third-order valence-corrected chi connectivity index (χ3v) is 5.62. The lowest BCUT2D eigenvalue weighted by atomic mass is 9.91. The Balaban J connectivity index is 1.83. The molecule has 1 heterocycles. The molecule has 0 aromatic heterocycles. The van der Waals surface area contributed by atoms with E-state index in [9.17, 15) is 14.0 Å². The predicted octanol–water partition coefficient (Wildman–Crippen LogP) is 1.32. The van der Waals surface area contributed by atoms with Crippen molar-refractivity contribution in [3.05, 3.63) is 29.6 Å². The van der Waals surface area contributed by atoms with Crippen molar-refractivity contribution in [3.63, 3.8) is 0 Å².